The van der Waals surface area contributed by atoms with Crippen molar-refractivity contribution in [3.63, 3.8) is 0 Å². The number of nitrogens with zero attached hydrogens (tertiary/aromatic N) is 4. The molecule has 4 aromatic heterocycles. The molecule has 0 bridgehead atoms. The normalized spacial score (nSPS) is 11.8. The zero-order valence-electron chi connectivity index (χ0n) is 36.9. The van der Waals surface area contributed by atoms with E-state index in [2.05, 4.69) is 175 Å². The van der Waals surface area contributed by atoms with Crippen LogP contribution in [-0.4, -0.2) is 27.6 Å². The molecule has 0 fully saturated rings. The Labute approximate surface area is 375 Å². The van der Waals surface area contributed by atoms with Crippen LogP contribution in [0.4, 0.5) is 0 Å². The zero-order chi connectivity index (χ0) is 42.3. The van der Waals surface area contributed by atoms with Crippen LogP contribution in [0, 0.1) is 19.1 Å². The van der Waals surface area contributed by atoms with Crippen LogP contribution in [0.25, 0.3) is 72.4 Å². The number of furan rings is 1. The van der Waals surface area contributed by atoms with E-state index in [9.17, 15) is 0 Å². The van der Waals surface area contributed by atoms with Crippen LogP contribution in [0.1, 0.15) is 81.7 Å². The molecule has 0 N–H and O–H groups in total. The van der Waals surface area contributed by atoms with E-state index in [1.807, 2.05) is 42.6 Å². The molecule has 0 aliphatic heterocycles. The van der Waals surface area contributed by atoms with E-state index in [1.54, 1.807) is 0 Å². The molecule has 4 heterocycles. The van der Waals surface area contributed by atoms with E-state index in [-0.39, 0.29) is 31.9 Å². The third-order valence-corrected chi connectivity index (χ3v) is 13.5. The quantitative estimate of drug-likeness (QED) is 0.112. The predicted octanol–water partition coefficient (Wildman–Crippen LogP) is 14.2. The molecule has 0 spiro atoms. The standard InChI is InChI=1S/C39H36N3O.C15H18NSi.Ir/c1-23(2)31-19-27(26-13-8-7-9-14-26)20-32(24(3)4)37(31)42-35-22-40-33(25(5)6)21-34(35)41-39(42)30-17-12-16-29-28-15-10-11-18-36(28)43-38(29)30;1-12-10-14(13-8-6-5-7-9-13)16-11-15(12)17(2,3)4;/h7-16,18-25H,1-6H3;5-8,10-11H,1-4H3;/q2*-1;. The fourth-order valence-electron chi connectivity index (χ4n) is 8.22. The molecule has 7 heteroatoms. The summed E-state index contributed by atoms with van der Waals surface area (Å²) in [6.07, 6.45) is 4.05. The summed E-state index contributed by atoms with van der Waals surface area (Å²) in [5.41, 5.74) is 15.1. The molecule has 311 valence electrons. The summed E-state index contributed by atoms with van der Waals surface area (Å²) in [6, 6.07) is 46.7. The molecule has 0 saturated heterocycles. The number of benzene rings is 5. The number of aryl methyl sites for hydroxylation is 1. The van der Waals surface area contributed by atoms with Gasteiger partial charge in [-0.3, -0.25) is 9.97 Å². The van der Waals surface area contributed by atoms with Gasteiger partial charge < -0.3 is 14.0 Å². The largest absolute Gasteiger partial charge is 0.501 e. The first kappa shape index (κ1) is 43.6. The van der Waals surface area contributed by atoms with Crippen LogP contribution >= 0.6 is 0 Å². The number of para-hydroxylation sites is 1. The number of pyridine rings is 2. The molecule has 61 heavy (non-hydrogen) atoms. The van der Waals surface area contributed by atoms with Crippen LogP contribution in [0.2, 0.25) is 19.6 Å². The Morgan fingerprint density at radius 3 is 1.98 bits per heavy atom. The summed E-state index contributed by atoms with van der Waals surface area (Å²) >= 11 is 0. The minimum atomic E-state index is -1.27. The Morgan fingerprint density at radius 1 is 0.656 bits per heavy atom. The van der Waals surface area contributed by atoms with E-state index in [0.717, 1.165) is 61.3 Å². The SMILES string of the molecule is CC(C)c1cc2nc(-c3[c-]ccc4c3oc3ccccc34)n(-c3c(C(C)C)cc(-c4ccccc4)cc3C(C)C)c2cn1.Cc1cc(-c2[c-]cccc2)ncc1[Si](C)(C)C.[Ir]. The minimum absolute atomic E-state index is 0. The fourth-order valence-corrected chi connectivity index (χ4v) is 9.92. The number of fused-ring (bicyclic) bond motifs is 4. The first-order valence-electron chi connectivity index (χ1n) is 21.2. The van der Waals surface area contributed by atoms with Crippen molar-refractivity contribution in [3.05, 3.63) is 162 Å². The second kappa shape index (κ2) is 17.9. The smallest absolute Gasteiger partial charge is 0.120 e. The molecule has 0 atom stereocenters. The van der Waals surface area contributed by atoms with Crippen molar-refractivity contribution < 1.29 is 24.5 Å². The third kappa shape index (κ3) is 8.70. The molecule has 0 saturated carbocycles. The Balaban J connectivity index is 0.000000262. The summed E-state index contributed by atoms with van der Waals surface area (Å²) < 4.78 is 8.84. The summed E-state index contributed by atoms with van der Waals surface area (Å²) in [4.78, 5) is 14.8. The van der Waals surface area contributed by atoms with Gasteiger partial charge in [0.25, 0.3) is 0 Å². The van der Waals surface area contributed by atoms with Crippen LogP contribution in [0.5, 0.6) is 0 Å². The van der Waals surface area contributed by atoms with E-state index in [0.29, 0.717) is 5.92 Å². The molecular weight excluding hydrogens is 941 g/mol. The Morgan fingerprint density at radius 2 is 1.34 bits per heavy atom. The van der Waals surface area contributed by atoms with Crippen molar-refractivity contribution in [2.45, 2.75) is 85.9 Å². The maximum Gasteiger partial charge on any atom is 0.120 e. The van der Waals surface area contributed by atoms with Gasteiger partial charge in [-0.2, -0.15) is 0 Å². The number of rotatable bonds is 8. The first-order chi connectivity index (χ1) is 28.8. The molecule has 1 radical (unpaired) electrons. The van der Waals surface area contributed by atoms with Crippen molar-refractivity contribution in [1.29, 1.82) is 0 Å². The molecule has 0 aliphatic rings. The number of hydrogen-bond acceptors (Lipinski definition) is 4. The second-order valence-electron chi connectivity index (χ2n) is 17.8. The molecule has 0 unspecified atom stereocenters. The van der Waals surface area contributed by atoms with E-state index >= 15 is 0 Å². The Kier molecular flexibility index (Phi) is 12.8. The van der Waals surface area contributed by atoms with Crippen LogP contribution in [0.3, 0.4) is 0 Å². The van der Waals surface area contributed by atoms with Crippen molar-refractivity contribution in [2.75, 3.05) is 0 Å². The maximum absolute atomic E-state index is 6.52. The second-order valence-corrected chi connectivity index (χ2v) is 22.8. The van der Waals surface area contributed by atoms with Crippen molar-refractivity contribution >= 4 is 46.2 Å². The first-order valence-corrected chi connectivity index (χ1v) is 24.7. The molecule has 0 amide bonds. The summed E-state index contributed by atoms with van der Waals surface area (Å²) in [6.45, 7) is 22.7. The van der Waals surface area contributed by atoms with E-state index in [1.165, 1.54) is 38.7 Å². The topological polar surface area (TPSA) is 56.7 Å². The van der Waals surface area contributed by atoms with Crippen molar-refractivity contribution in [1.82, 2.24) is 19.5 Å². The van der Waals surface area contributed by atoms with Crippen molar-refractivity contribution in [2.24, 2.45) is 0 Å². The fraction of sp³-hybridized carbons (Fsp3) is 0.241. The molecule has 5 aromatic carbocycles. The average molecular weight is 995 g/mol. The molecule has 9 aromatic rings. The zero-order valence-corrected chi connectivity index (χ0v) is 40.3. The maximum atomic E-state index is 6.52. The van der Waals surface area contributed by atoms with Crippen molar-refractivity contribution in [3.8, 4) is 39.5 Å². The predicted molar refractivity (Wildman–Crippen MR) is 254 cm³/mol. The van der Waals surface area contributed by atoms with Gasteiger partial charge in [-0.15, -0.1) is 54.1 Å². The summed E-state index contributed by atoms with van der Waals surface area (Å²) in [7, 11) is -1.27. The van der Waals surface area contributed by atoms with Crippen LogP contribution < -0.4 is 5.19 Å². The van der Waals surface area contributed by atoms with Gasteiger partial charge in [0.1, 0.15) is 5.58 Å². The van der Waals surface area contributed by atoms with Gasteiger partial charge >= 0.3 is 0 Å². The minimum Gasteiger partial charge on any atom is -0.501 e. The van der Waals surface area contributed by atoms with E-state index in [4.69, 9.17) is 14.4 Å². The monoisotopic (exact) mass is 995 g/mol. The average Bonchev–Trinajstić information content (AvgIpc) is 3.82. The molecule has 5 nitrogen and oxygen atoms in total. The third-order valence-electron chi connectivity index (χ3n) is 11.4. The Hall–Kier alpha value is -5.46. The number of aromatic nitrogens is 4. The van der Waals surface area contributed by atoms with E-state index < -0.39 is 8.07 Å². The van der Waals surface area contributed by atoms with Gasteiger partial charge in [-0.25, -0.2) is 0 Å². The van der Waals surface area contributed by atoms with Gasteiger partial charge in [0.05, 0.1) is 36.7 Å². The van der Waals surface area contributed by atoms with Gasteiger partial charge in [0.2, 0.25) is 0 Å². The summed E-state index contributed by atoms with van der Waals surface area (Å²) in [5, 5.41) is 3.60. The van der Waals surface area contributed by atoms with Crippen LogP contribution in [0.15, 0.2) is 132 Å². The molecule has 9 rings (SSSR count). The van der Waals surface area contributed by atoms with Gasteiger partial charge in [0, 0.05) is 43.1 Å². The number of hydrogen-bond donors (Lipinski definition) is 0. The Bertz CT molecular complexity index is 2930. The molecule has 0 aliphatic carbocycles. The van der Waals surface area contributed by atoms with Gasteiger partial charge in [0.15, 0.2) is 0 Å². The van der Waals surface area contributed by atoms with Crippen LogP contribution in [-0.2, 0) is 20.1 Å². The summed E-state index contributed by atoms with van der Waals surface area (Å²) in [5.74, 6) is 1.66. The van der Waals surface area contributed by atoms with Gasteiger partial charge in [-0.1, -0.05) is 132 Å². The number of imidazole rings is 1. The van der Waals surface area contributed by atoms with Gasteiger partial charge in [-0.05, 0) is 82.1 Å². The molecular formula is C54H54IrN4OSi-2.